The Morgan fingerprint density at radius 1 is 0.967 bits per heavy atom. The lowest BCUT2D eigenvalue weighted by Crippen LogP contribution is -2.59. The van der Waals surface area contributed by atoms with Crippen molar-refractivity contribution < 1.29 is 23.9 Å². The molecule has 4 aliphatic rings. The number of likely N-dealkylation sites (tertiary alicyclic amines) is 1. The number of hydrogen-bond acceptors (Lipinski definition) is 7. The van der Waals surface area contributed by atoms with Crippen molar-refractivity contribution in [2.45, 2.75) is 43.9 Å². The summed E-state index contributed by atoms with van der Waals surface area (Å²) in [5, 5.41) is 5.57. The van der Waals surface area contributed by atoms with Gasteiger partial charge in [0.2, 0.25) is 11.8 Å². The van der Waals surface area contributed by atoms with Crippen molar-refractivity contribution >= 4 is 23.6 Å². The molecule has 30 heavy (non-hydrogen) atoms. The minimum atomic E-state index is -0.970. The first-order valence-corrected chi connectivity index (χ1v) is 10.5. The first kappa shape index (κ1) is 19.2. The van der Waals surface area contributed by atoms with Crippen molar-refractivity contribution in [3.63, 3.8) is 0 Å². The molecular formula is C21H24N4O5. The van der Waals surface area contributed by atoms with E-state index in [-0.39, 0.29) is 36.0 Å². The van der Waals surface area contributed by atoms with Crippen LogP contribution in [0.2, 0.25) is 0 Å². The van der Waals surface area contributed by atoms with E-state index in [2.05, 4.69) is 15.5 Å². The summed E-state index contributed by atoms with van der Waals surface area (Å²) in [4.78, 5) is 53.0. The van der Waals surface area contributed by atoms with Gasteiger partial charge in [0.1, 0.15) is 17.9 Å². The molecule has 0 spiro atoms. The van der Waals surface area contributed by atoms with Crippen molar-refractivity contribution in [1.29, 1.82) is 0 Å². The van der Waals surface area contributed by atoms with Crippen molar-refractivity contribution in [2.75, 3.05) is 26.2 Å². The van der Waals surface area contributed by atoms with Crippen molar-refractivity contribution in [1.82, 2.24) is 20.4 Å². The van der Waals surface area contributed by atoms with Crippen LogP contribution in [0.5, 0.6) is 5.75 Å². The van der Waals surface area contributed by atoms with Crippen LogP contribution in [-0.4, -0.2) is 77.8 Å². The van der Waals surface area contributed by atoms with Gasteiger partial charge in [-0.3, -0.25) is 34.3 Å². The normalized spacial score (nSPS) is 25.9. The Morgan fingerprint density at radius 2 is 1.73 bits per heavy atom. The summed E-state index contributed by atoms with van der Waals surface area (Å²) < 4.78 is 6.10. The zero-order valence-electron chi connectivity index (χ0n) is 16.6. The number of benzene rings is 1. The molecule has 0 radical (unpaired) electrons. The smallest absolute Gasteiger partial charge is 0.266 e. The molecule has 1 aromatic rings. The van der Waals surface area contributed by atoms with Crippen molar-refractivity contribution in [2.24, 2.45) is 0 Å². The molecule has 9 nitrogen and oxygen atoms in total. The number of hydrogen-bond donors (Lipinski definition) is 2. The van der Waals surface area contributed by atoms with Crippen LogP contribution in [0.4, 0.5) is 0 Å². The van der Waals surface area contributed by atoms with Crippen LogP contribution in [0, 0.1) is 0 Å². The Balaban J connectivity index is 1.30. The van der Waals surface area contributed by atoms with Gasteiger partial charge in [0.25, 0.3) is 11.8 Å². The van der Waals surface area contributed by atoms with Gasteiger partial charge in [-0.25, -0.2) is 0 Å². The van der Waals surface area contributed by atoms with E-state index in [0.717, 1.165) is 43.9 Å². The summed E-state index contributed by atoms with van der Waals surface area (Å²) in [7, 11) is 0. The van der Waals surface area contributed by atoms with Crippen LogP contribution in [-0.2, 0) is 9.59 Å². The maximum absolute atomic E-state index is 13.1. The highest BCUT2D eigenvalue weighted by atomic mass is 16.5. The number of carbonyl (C=O) groups is 4. The third-order valence-corrected chi connectivity index (χ3v) is 6.42. The van der Waals surface area contributed by atoms with Gasteiger partial charge >= 0.3 is 0 Å². The number of fused-ring (bicyclic) bond motifs is 1. The predicted octanol–water partition coefficient (Wildman–Crippen LogP) is -0.0972. The second-order valence-electron chi connectivity index (χ2n) is 8.30. The number of rotatable bonds is 4. The summed E-state index contributed by atoms with van der Waals surface area (Å²) in [5.41, 5.74) is 0.462. The molecule has 4 heterocycles. The lowest BCUT2D eigenvalue weighted by molar-refractivity contribution is -0.136. The van der Waals surface area contributed by atoms with E-state index in [4.69, 9.17) is 4.74 Å². The fourth-order valence-corrected chi connectivity index (χ4v) is 4.78. The topological polar surface area (TPSA) is 108 Å². The van der Waals surface area contributed by atoms with E-state index >= 15 is 0 Å². The van der Waals surface area contributed by atoms with Crippen LogP contribution < -0.4 is 15.4 Å². The van der Waals surface area contributed by atoms with Crippen molar-refractivity contribution in [3.05, 3.63) is 29.3 Å². The number of imide groups is 2. The standard InChI is InChI=1S/C21H24N4O5/c26-17-5-4-15(19(27)23-17)25-20(28)14-2-1-3-16(18(14)21(25)29)30-13-10-24(11-13)12-6-8-22-9-7-12/h1-3,12-13,15,22H,4-11H2,(H,23,26,27). The highest BCUT2D eigenvalue weighted by molar-refractivity contribution is 6.24. The van der Waals surface area contributed by atoms with Crippen LogP contribution in [0.15, 0.2) is 18.2 Å². The average Bonchev–Trinajstić information content (AvgIpc) is 2.96. The summed E-state index contributed by atoms with van der Waals surface area (Å²) in [6.07, 6.45) is 2.46. The molecule has 4 aliphatic heterocycles. The number of nitrogens with zero attached hydrogens (tertiary/aromatic N) is 2. The second-order valence-corrected chi connectivity index (χ2v) is 8.30. The molecule has 2 N–H and O–H groups in total. The average molecular weight is 412 g/mol. The molecule has 5 rings (SSSR count). The minimum Gasteiger partial charge on any atom is -0.487 e. The molecule has 0 aromatic heterocycles. The van der Waals surface area contributed by atoms with Crippen molar-refractivity contribution in [3.8, 4) is 5.75 Å². The van der Waals surface area contributed by atoms with E-state index in [1.807, 2.05) is 0 Å². The lowest BCUT2D eigenvalue weighted by atomic mass is 9.99. The fraction of sp³-hybridized carbons (Fsp3) is 0.524. The van der Waals surface area contributed by atoms with E-state index in [9.17, 15) is 19.2 Å². The number of piperidine rings is 2. The first-order valence-electron chi connectivity index (χ1n) is 10.5. The molecule has 3 fully saturated rings. The molecule has 0 bridgehead atoms. The molecule has 1 aromatic carbocycles. The zero-order valence-corrected chi connectivity index (χ0v) is 16.6. The van der Waals surface area contributed by atoms with Gasteiger partial charge in [-0.2, -0.15) is 0 Å². The third kappa shape index (κ3) is 3.18. The van der Waals surface area contributed by atoms with Gasteiger partial charge in [0.15, 0.2) is 0 Å². The number of nitrogens with one attached hydrogen (secondary N) is 2. The fourth-order valence-electron chi connectivity index (χ4n) is 4.78. The molecule has 4 amide bonds. The minimum absolute atomic E-state index is 0.0288. The first-order chi connectivity index (χ1) is 14.5. The van der Waals surface area contributed by atoms with Gasteiger partial charge in [0, 0.05) is 25.6 Å². The Labute approximate surface area is 173 Å². The summed E-state index contributed by atoms with van der Waals surface area (Å²) in [6, 6.07) is 4.57. The number of carbonyl (C=O) groups excluding carboxylic acids is 4. The van der Waals surface area contributed by atoms with Gasteiger partial charge in [-0.15, -0.1) is 0 Å². The van der Waals surface area contributed by atoms with Gasteiger partial charge in [-0.05, 0) is 44.5 Å². The van der Waals surface area contributed by atoms with Crippen LogP contribution in [0.3, 0.4) is 0 Å². The molecule has 0 aliphatic carbocycles. The molecule has 158 valence electrons. The molecule has 9 heteroatoms. The highest BCUT2D eigenvalue weighted by Gasteiger charge is 2.46. The SMILES string of the molecule is O=C1CCC(N2C(=O)c3cccc(OC4CN(C5CCNCC5)C4)c3C2=O)C(=O)N1. The maximum Gasteiger partial charge on any atom is 0.266 e. The summed E-state index contributed by atoms with van der Waals surface area (Å²) in [6.45, 7) is 3.66. The number of ether oxygens (including phenoxy) is 1. The van der Waals surface area contributed by atoms with E-state index in [0.29, 0.717) is 11.8 Å². The summed E-state index contributed by atoms with van der Waals surface area (Å²) in [5.74, 6) is -1.66. The molecule has 3 saturated heterocycles. The highest BCUT2D eigenvalue weighted by Crippen LogP contribution is 2.35. The van der Waals surface area contributed by atoms with Crippen LogP contribution in [0.25, 0.3) is 0 Å². The Bertz CT molecular complexity index is 920. The monoisotopic (exact) mass is 412 g/mol. The van der Waals surface area contributed by atoms with Crippen LogP contribution >= 0.6 is 0 Å². The maximum atomic E-state index is 13.1. The van der Waals surface area contributed by atoms with Gasteiger partial charge < -0.3 is 10.1 Å². The van der Waals surface area contributed by atoms with E-state index in [1.165, 1.54) is 0 Å². The Hall–Kier alpha value is -2.78. The third-order valence-electron chi connectivity index (χ3n) is 6.42. The Morgan fingerprint density at radius 3 is 2.47 bits per heavy atom. The zero-order chi connectivity index (χ0) is 20.8. The largest absolute Gasteiger partial charge is 0.487 e. The number of amides is 4. The second kappa shape index (κ2) is 7.48. The molecule has 1 unspecified atom stereocenters. The molecular weight excluding hydrogens is 388 g/mol. The van der Waals surface area contributed by atoms with Crippen LogP contribution in [0.1, 0.15) is 46.4 Å². The Kier molecular flexibility index (Phi) is 4.79. The summed E-state index contributed by atoms with van der Waals surface area (Å²) >= 11 is 0. The van der Waals surface area contributed by atoms with E-state index in [1.54, 1.807) is 18.2 Å². The molecule has 1 atom stereocenters. The van der Waals surface area contributed by atoms with Gasteiger partial charge in [-0.1, -0.05) is 6.07 Å². The lowest BCUT2D eigenvalue weighted by Gasteiger charge is -2.45. The quantitative estimate of drug-likeness (QED) is 0.665. The predicted molar refractivity (Wildman–Crippen MR) is 105 cm³/mol. The molecule has 0 saturated carbocycles. The van der Waals surface area contributed by atoms with Gasteiger partial charge in [0.05, 0.1) is 11.1 Å². The van der Waals surface area contributed by atoms with E-state index < -0.39 is 23.8 Å².